The predicted octanol–water partition coefficient (Wildman–Crippen LogP) is 3.76. The summed E-state index contributed by atoms with van der Waals surface area (Å²) in [5.74, 6) is 0.850. The third-order valence-electron chi connectivity index (χ3n) is 5.71. The Morgan fingerprint density at radius 3 is 2.57 bits per heavy atom. The molecule has 3 rings (SSSR count). The summed E-state index contributed by atoms with van der Waals surface area (Å²) in [7, 11) is 0. The molecule has 0 aromatic heterocycles. The van der Waals surface area contributed by atoms with E-state index < -0.39 is 0 Å². The number of hydrogen-bond acceptors (Lipinski definition) is 2. The van der Waals surface area contributed by atoms with Gasteiger partial charge in [-0.25, -0.2) is 0 Å². The lowest BCUT2D eigenvalue weighted by Crippen LogP contribution is -2.41. The highest BCUT2D eigenvalue weighted by Gasteiger charge is 2.35. The summed E-state index contributed by atoms with van der Waals surface area (Å²) in [6, 6.07) is 9.46. The second-order valence-electron chi connectivity index (χ2n) is 8.03. The molecule has 1 aromatic carbocycles. The van der Waals surface area contributed by atoms with Crippen molar-refractivity contribution < 1.29 is 0 Å². The minimum atomic E-state index is 0.201. The molecule has 2 N–H and O–H groups in total. The lowest BCUT2D eigenvalue weighted by atomic mass is 9.77. The number of likely N-dealkylation sites (tertiary alicyclic amines) is 1. The van der Waals surface area contributed by atoms with Crippen LogP contribution in [0.5, 0.6) is 0 Å². The van der Waals surface area contributed by atoms with Crippen LogP contribution >= 0.6 is 0 Å². The summed E-state index contributed by atoms with van der Waals surface area (Å²) >= 11 is 0. The van der Waals surface area contributed by atoms with Crippen molar-refractivity contribution in [3.8, 4) is 0 Å². The van der Waals surface area contributed by atoms with E-state index in [-0.39, 0.29) is 6.04 Å². The Kier molecular flexibility index (Phi) is 4.11. The zero-order valence-corrected chi connectivity index (χ0v) is 13.8. The Morgan fingerprint density at radius 2 is 1.86 bits per heavy atom. The van der Waals surface area contributed by atoms with Crippen LogP contribution < -0.4 is 5.73 Å². The van der Waals surface area contributed by atoms with Crippen LogP contribution in [0.3, 0.4) is 0 Å². The number of fused-ring (bicyclic) bond motifs is 1. The van der Waals surface area contributed by atoms with Crippen molar-refractivity contribution in [2.24, 2.45) is 17.1 Å². The summed E-state index contributed by atoms with van der Waals surface area (Å²) in [5, 5.41) is 0. The molecule has 1 saturated heterocycles. The van der Waals surface area contributed by atoms with E-state index in [1.807, 2.05) is 0 Å². The highest BCUT2D eigenvalue weighted by molar-refractivity contribution is 5.36. The number of nitrogens with zero attached hydrogens (tertiary/aromatic N) is 1. The summed E-state index contributed by atoms with van der Waals surface area (Å²) < 4.78 is 0. The molecular weight excluding hydrogens is 256 g/mol. The average Bonchev–Trinajstić information content (AvgIpc) is 2.64. The Balaban J connectivity index is 1.69. The fraction of sp³-hybridized carbons (Fsp3) is 0.684. The molecule has 2 nitrogen and oxygen atoms in total. The van der Waals surface area contributed by atoms with E-state index in [1.165, 1.54) is 43.5 Å². The summed E-state index contributed by atoms with van der Waals surface area (Å²) in [5.41, 5.74) is 9.83. The van der Waals surface area contributed by atoms with Crippen LogP contribution in [0.4, 0.5) is 0 Å². The molecule has 3 unspecified atom stereocenters. The number of nitrogens with two attached hydrogens (primary N) is 1. The largest absolute Gasteiger partial charge is 0.323 e. The van der Waals surface area contributed by atoms with Crippen molar-refractivity contribution in [1.29, 1.82) is 0 Å². The third kappa shape index (κ3) is 3.02. The zero-order valence-electron chi connectivity index (χ0n) is 13.8. The van der Waals surface area contributed by atoms with Crippen LogP contribution in [-0.4, -0.2) is 24.0 Å². The van der Waals surface area contributed by atoms with E-state index in [9.17, 15) is 0 Å². The molecule has 1 aromatic rings. The van der Waals surface area contributed by atoms with Crippen LogP contribution in [0.2, 0.25) is 0 Å². The summed E-state index contributed by atoms with van der Waals surface area (Å²) in [4.78, 5) is 2.68. The van der Waals surface area contributed by atoms with Crippen LogP contribution in [0.15, 0.2) is 24.3 Å². The molecule has 116 valence electrons. The maximum atomic E-state index is 6.55. The van der Waals surface area contributed by atoms with E-state index in [2.05, 4.69) is 49.9 Å². The molecule has 0 bridgehead atoms. The first kappa shape index (κ1) is 15.1. The van der Waals surface area contributed by atoms with E-state index >= 15 is 0 Å². The van der Waals surface area contributed by atoms with Crippen molar-refractivity contribution in [3.05, 3.63) is 35.4 Å². The van der Waals surface area contributed by atoms with Crippen molar-refractivity contribution in [2.45, 2.75) is 58.5 Å². The van der Waals surface area contributed by atoms with E-state index in [0.29, 0.717) is 11.5 Å². The normalized spacial score (nSPS) is 31.0. The highest BCUT2D eigenvalue weighted by Crippen LogP contribution is 2.37. The van der Waals surface area contributed by atoms with Crippen molar-refractivity contribution in [3.63, 3.8) is 0 Å². The van der Waals surface area contributed by atoms with Gasteiger partial charge in [-0.15, -0.1) is 0 Å². The molecule has 21 heavy (non-hydrogen) atoms. The molecule has 0 radical (unpaired) electrons. The Bertz CT molecular complexity index is 489. The summed E-state index contributed by atoms with van der Waals surface area (Å²) in [6.07, 6.45) is 5.15. The van der Waals surface area contributed by atoms with Gasteiger partial charge in [-0.3, -0.25) is 4.90 Å². The second-order valence-corrected chi connectivity index (χ2v) is 8.03. The van der Waals surface area contributed by atoms with Gasteiger partial charge in [0.15, 0.2) is 0 Å². The van der Waals surface area contributed by atoms with Gasteiger partial charge >= 0.3 is 0 Å². The van der Waals surface area contributed by atoms with Crippen molar-refractivity contribution in [2.75, 3.05) is 13.1 Å². The number of hydrogen-bond donors (Lipinski definition) is 1. The Hall–Kier alpha value is -0.860. The van der Waals surface area contributed by atoms with Gasteiger partial charge in [0.1, 0.15) is 0 Å². The smallest absolute Gasteiger partial charge is 0.0459 e. The van der Waals surface area contributed by atoms with Gasteiger partial charge < -0.3 is 5.73 Å². The first-order valence-electron chi connectivity index (χ1n) is 8.54. The van der Waals surface area contributed by atoms with Gasteiger partial charge in [0.05, 0.1) is 0 Å². The minimum Gasteiger partial charge on any atom is -0.323 e. The van der Waals surface area contributed by atoms with Gasteiger partial charge in [0, 0.05) is 12.1 Å². The van der Waals surface area contributed by atoms with Crippen LogP contribution in [-0.2, 0) is 6.42 Å². The van der Waals surface area contributed by atoms with Crippen molar-refractivity contribution >= 4 is 0 Å². The van der Waals surface area contributed by atoms with Gasteiger partial charge in [0.25, 0.3) is 0 Å². The standard InChI is InChI=1S/C19H30N2/c1-19(2,3)15-8-6-11-21(12-10-15)17-13-14-7-4-5-9-16(14)18(17)20/h4-5,7,9,15,17-18H,6,8,10-13,20H2,1-3H3. The minimum absolute atomic E-state index is 0.201. The monoisotopic (exact) mass is 286 g/mol. The molecule has 0 saturated carbocycles. The van der Waals surface area contributed by atoms with E-state index in [1.54, 1.807) is 0 Å². The summed E-state index contributed by atoms with van der Waals surface area (Å²) in [6.45, 7) is 9.62. The van der Waals surface area contributed by atoms with E-state index in [4.69, 9.17) is 5.73 Å². The lowest BCUT2D eigenvalue weighted by molar-refractivity contribution is 0.170. The first-order chi connectivity index (χ1) is 9.97. The maximum absolute atomic E-state index is 6.55. The van der Waals surface area contributed by atoms with Crippen LogP contribution in [0.1, 0.15) is 57.2 Å². The highest BCUT2D eigenvalue weighted by atomic mass is 15.2. The fourth-order valence-corrected chi connectivity index (χ4v) is 4.28. The molecule has 1 aliphatic heterocycles. The average molecular weight is 286 g/mol. The predicted molar refractivity (Wildman–Crippen MR) is 89.2 cm³/mol. The molecule has 1 fully saturated rings. The molecule has 2 aliphatic rings. The molecule has 0 spiro atoms. The van der Waals surface area contributed by atoms with Gasteiger partial charge in [-0.1, -0.05) is 45.0 Å². The van der Waals surface area contributed by atoms with Crippen LogP contribution in [0, 0.1) is 11.3 Å². The maximum Gasteiger partial charge on any atom is 0.0459 e. The molecule has 1 heterocycles. The number of rotatable bonds is 1. The van der Waals surface area contributed by atoms with Gasteiger partial charge in [0.2, 0.25) is 0 Å². The first-order valence-corrected chi connectivity index (χ1v) is 8.54. The molecule has 0 amide bonds. The number of benzene rings is 1. The zero-order chi connectivity index (χ0) is 15.0. The Labute approximate surface area is 129 Å². The second kappa shape index (κ2) is 5.73. The fourth-order valence-electron chi connectivity index (χ4n) is 4.28. The van der Waals surface area contributed by atoms with Gasteiger partial charge in [-0.05, 0) is 61.2 Å². The van der Waals surface area contributed by atoms with Gasteiger partial charge in [-0.2, -0.15) is 0 Å². The van der Waals surface area contributed by atoms with Crippen molar-refractivity contribution in [1.82, 2.24) is 4.90 Å². The molecule has 2 heteroatoms. The molecule has 1 aliphatic carbocycles. The lowest BCUT2D eigenvalue weighted by Gasteiger charge is -2.32. The molecular formula is C19H30N2. The SMILES string of the molecule is CC(C)(C)C1CCCN(C2Cc3ccccc3C2N)CC1. The Morgan fingerprint density at radius 1 is 1.10 bits per heavy atom. The topological polar surface area (TPSA) is 29.3 Å². The quantitative estimate of drug-likeness (QED) is 0.851. The third-order valence-corrected chi connectivity index (χ3v) is 5.71. The van der Waals surface area contributed by atoms with E-state index in [0.717, 1.165) is 12.3 Å². The van der Waals surface area contributed by atoms with Crippen LogP contribution in [0.25, 0.3) is 0 Å². The molecule has 3 atom stereocenters.